The molecule has 20 heavy (non-hydrogen) atoms. The van der Waals surface area contributed by atoms with E-state index in [0.29, 0.717) is 24.7 Å². The number of carbonyl (C=O) groups is 1. The molecule has 0 bridgehead atoms. The van der Waals surface area contributed by atoms with Gasteiger partial charge < -0.3 is 24.4 Å². The number of ether oxygens (including phenoxy) is 3. The Morgan fingerprint density at radius 3 is 2.35 bits per heavy atom. The SMILES string of the molecule is COc1cc(NC(C)=O)c(N2CCOCC2)cc1OC. The molecule has 1 aromatic carbocycles. The third-order valence-electron chi connectivity index (χ3n) is 3.16. The molecule has 1 saturated heterocycles. The largest absolute Gasteiger partial charge is 0.493 e. The van der Waals surface area contributed by atoms with Crippen LogP contribution in [0.5, 0.6) is 11.5 Å². The number of hydrogen-bond donors (Lipinski definition) is 1. The summed E-state index contributed by atoms with van der Waals surface area (Å²) in [7, 11) is 3.17. The number of carbonyl (C=O) groups excluding carboxylic acids is 1. The van der Waals surface area contributed by atoms with Crippen LogP contribution in [0.15, 0.2) is 12.1 Å². The molecule has 1 amide bonds. The quantitative estimate of drug-likeness (QED) is 0.905. The van der Waals surface area contributed by atoms with E-state index in [2.05, 4.69) is 10.2 Å². The average molecular weight is 280 g/mol. The van der Waals surface area contributed by atoms with E-state index >= 15 is 0 Å². The number of hydrogen-bond acceptors (Lipinski definition) is 5. The summed E-state index contributed by atoms with van der Waals surface area (Å²) in [5.74, 6) is 1.11. The van der Waals surface area contributed by atoms with Crippen LogP contribution >= 0.6 is 0 Å². The Hall–Kier alpha value is -1.95. The van der Waals surface area contributed by atoms with Crippen molar-refractivity contribution in [2.45, 2.75) is 6.92 Å². The van der Waals surface area contributed by atoms with Gasteiger partial charge in [-0.25, -0.2) is 0 Å². The molecular formula is C14H20N2O4. The predicted molar refractivity (Wildman–Crippen MR) is 76.9 cm³/mol. The predicted octanol–water partition coefficient (Wildman–Crippen LogP) is 1.50. The average Bonchev–Trinajstić information content (AvgIpc) is 2.47. The van der Waals surface area contributed by atoms with Gasteiger partial charge in [-0.3, -0.25) is 4.79 Å². The molecule has 1 fully saturated rings. The lowest BCUT2D eigenvalue weighted by atomic mass is 10.2. The Morgan fingerprint density at radius 2 is 1.80 bits per heavy atom. The third-order valence-corrected chi connectivity index (χ3v) is 3.16. The van der Waals surface area contributed by atoms with Gasteiger partial charge in [0.25, 0.3) is 0 Å². The standard InChI is InChI=1S/C14H20N2O4/c1-10(17)15-11-8-13(18-2)14(19-3)9-12(11)16-4-6-20-7-5-16/h8-9H,4-7H2,1-3H3,(H,15,17). The molecule has 0 unspecified atom stereocenters. The van der Waals surface area contributed by atoms with E-state index in [1.165, 1.54) is 6.92 Å². The Balaban J connectivity index is 2.41. The van der Waals surface area contributed by atoms with Crippen LogP contribution in [0.4, 0.5) is 11.4 Å². The van der Waals surface area contributed by atoms with Crippen molar-refractivity contribution in [3.8, 4) is 11.5 Å². The second-order valence-electron chi connectivity index (χ2n) is 4.50. The van der Waals surface area contributed by atoms with Gasteiger partial charge in [0.1, 0.15) is 0 Å². The molecule has 6 nitrogen and oxygen atoms in total. The van der Waals surface area contributed by atoms with E-state index < -0.39 is 0 Å². The topological polar surface area (TPSA) is 60.0 Å². The van der Waals surface area contributed by atoms with E-state index in [4.69, 9.17) is 14.2 Å². The summed E-state index contributed by atoms with van der Waals surface area (Å²) in [4.78, 5) is 13.5. The molecule has 6 heteroatoms. The van der Waals surface area contributed by atoms with E-state index in [-0.39, 0.29) is 5.91 Å². The van der Waals surface area contributed by atoms with Crippen LogP contribution in [-0.2, 0) is 9.53 Å². The zero-order chi connectivity index (χ0) is 14.5. The molecule has 1 aliphatic heterocycles. The smallest absolute Gasteiger partial charge is 0.221 e. The zero-order valence-corrected chi connectivity index (χ0v) is 12.1. The lowest BCUT2D eigenvalue weighted by Gasteiger charge is -2.31. The highest BCUT2D eigenvalue weighted by Crippen LogP contribution is 2.38. The second kappa shape index (κ2) is 6.47. The molecule has 110 valence electrons. The highest BCUT2D eigenvalue weighted by atomic mass is 16.5. The number of amides is 1. The monoisotopic (exact) mass is 280 g/mol. The highest BCUT2D eigenvalue weighted by Gasteiger charge is 2.19. The van der Waals surface area contributed by atoms with Gasteiger partial charge in [-0.15, -0.1) is 0 Å². The Kier molecular flexibility index (Phi) is 4.68. The summed E-state index contributed by atoms with van der Waals surface area (Å²) in [5.41, 5.74) is 1.64. The first-order valence-electron chi connectivity index (χ1n) is 6.52. The Labute approximate surface area is 118 Å². The van der Waals surface area contributed by atoms with Gasteiger partial charge in [-0.05, 0) is 0 Å². The van der Waals surface area contributed by atoms with Crippen molar-refractivity contribution in [3.05, 3.63) is 12.1 Å². The van der Waals surface area contributed by atoms with Crippen LogP contribution in [0.3, 0.4) is 0 Å². The van der Waals surface area contributed by atoms with Crippen molar-refractivity contribution in [3.63, 3.8) is 0 Å². The van der Waals surface area contributed by atoms with Crippen LogP contribution in [0.1, 0.15) is 6.92 Å². The Bertz CT molecular complexity index is 484. The van der Waals surface area contributed by atoms with Gasteiger partial charge >= 0.3 is 0 Å². The van der Waals surface area contributed by atoms with E-state index in [1.54, 1.807) is 20.3 Å². The van der Waals surface area contributed by atoms with Crippen LogP contribution in [0, 0.1) is 0 Å². The Morgan fingerprint density at radius 1 is 1.20 bits per heavy atom. The van der Waals surface area contributed by atoms with E-state index in [1.807, 2.05) is 6.07 Å². The normalized spacial score (nSPS) is 14.8. The fourth-order valence-electron chi connectivity index (χ4n) is 2.22. The minimum absolute atomic E-state index is 0.119. The van der Waals surface area contributed by atoms with Crippen LogP contribution in [0.2, 0.25) is 0 Å². The van der Waals surface area contributed by atoms with Gasteiger partial charge in [0.2, 0.25) is 5.91 Å². The first-order valence-corrected chi connectivity index (χ1v) is 6.52. The second-order valence-corrected chi connectivity index (χ2v) is 4.50. The van der Waals surface area contributed by atoms with Gasteiger partial charge in [0.15, 0.2) is 11.5 Å². The first kappa shape index (κ1) is 14.5. The molecule has 0 aliphatic carbocycles. The molecule has 1 heterocycles. The minimum Gasteiger partial charge on any atom is -0.493 e. The summed E-state index contributed by atoms with van der Waals surface area (Å²) >= 11 is 0. The first-order chi connectivity index (χ1) is 9.65. The van der Waals surface area contributed by atoms with E-state index in [9.17, 15) is 4.79 Å². The zero-order valence-electron chi connectivity index (χ0n) is 12.1. The summed E-state index contributed by atoms with van der Waals surface area (Å²) in [6.45, 7) is 4.39. The molecule has 1 aromatic rings. The van der Waals surface area contributed by atoms with Crippen LogP contribution < -0.4 is 19.7 Å². The van der Waals surface area contributed by atoms with Gasteiger partial charge in [-0.1, -0.05) is 0 Å². The van der Waals surface area contributed by atoms with Crippen LogP contribution in [-0.4, -0.2) is 46.4 Å². The number of methoxy groups -OCH3 is 2. The molecule has 0 aromatic heterocycles. The number of anilines is 2. The number of nitrogens with one attached hydrogen (secondary N) is 1. The van der Waals surface area contributed by atoms with Crippen molar-refractivity contribution in [2.75, 3.05) is 50.7 Å². The molecule has 1 aliphatic rings. The maximum Gasteiger partial charge on any atom is 0.221 e. The van der Waals surface area contributed by atoms with Crippen molar-refractivity contribution < 1.29 is 19.0 Å². The molecule has 1 N–H and O–H groups in total. The molecule has 0 spiro atoms. The number of rotatable bonds is 4. The molecule has 0 saturated carbocycles. The molecule has 0 atom stereocenters. The van der Waals surface area contributed by atoms with Crippen LogP contribution in [0.25, 0.3) is 0 Å². The highest BCUT2D eigenvalue weighted by molar-refractivity contribution is 5.93. The van der Waals surface area contributed by atoms with Crippen molar-refractivity contribution in [2.24, 2.45) is 0 Å². The van der Waals surface area contributed by atoms with Crippen molar-refractivity contribution >= 4 is 17.3 Å². The number of benzene rings is 1. The van der Waals surface area contributed by atoms with Crippen molar-refractivity contribution in [1.29, 1.82) is 0 Å². The lowest BCUT2D eigenvalue weighted by Crippen LogP contribution is -2.36. The number of nitrogens with zero attached hydrogens (tertiary/aromatic N) is 1. The fourth-order valence-corrected chi connectivity index (χ4v) is 2.22. The third kappa shape index (κ3) is 3.14. The van der Waals surface area contributed by atoms with Gasteiger partial charge in [0, 0.05) is 32.1 Å². The lowest BCUT2D eigenvalue weighted by molar-refractivity contribution is -0.114. The maximum absolute atomic E-state index is 11.4. The summed E-state index contributed by atoms with van der Waals surface area (Å²) < 4.78 is 16.0. The molecular weight excluding hydrogens is 260 g/mol. The minimum atomic E-state index is -0.119. The van der Waals surface area contributed by atoms with E-state index in [0.717, 1.165) is 24.5 Å². The maximum atomic E-state index is 11.4. The summed E-state index contributed by atoms with van der Waals surface area (Å²) in [6.07, 6.45) is 0. The number of morpholine rings is 1. The van der Waals surface area contributed by atoms with Gasteiger partial charge in [0.05, 0.1) is 38.8 Å². The summed E-state index contributed by atoms with van der Waals surface area (Å²) in [5, 5.41) is 2.84. The van der Waals surface area contributed by atoms with Crippen molar-refractivity contribution in [1.82, 2.24) is 0 Å². The molecule has 2 rings (SSSR count). The summed E-state index contributed by atoms with van der Waals surface area (Å²) in [6, 6.07) is 3.67. The van der Waals surface area contributed by atoms with Gasteiger partial charge in [-0.2, -0.15) is 0 Å². The molecule has 0 radical (unpaired) electrons. The fraction of sp³-hybridized carbons (Fsp3) is 0.500.